The van der Waals surface area contributed by atoms with Gasteiger partial charge in [-0.15, -0.1) is 0 Å². The largest absolute Gasteiger partial charge is 0.0905 e. The summed E-state index contributed by atoms with van der Waals surface area (Å²) < 4.78 is 0. The molecule has 2 rings (SSSR count). The molecule has 0 saturated heterocycles. The van der Waals surface area contributed by atoms with Crippen LogP contribution in [0.4, 0.5) is 0 Å². The third-order valence-corrected chi connectivity index (χ3v) is 3.36. The van der Waals surface area contributed by atoms with E-state index in [0.29, 0.717) is 0 Å². The summed E-state index contributed by atoms with van der Waals surface area (Å²) in [5, 5.41) is 4.85. The van der Waals surface area contributed by atoms with E-state index in [4.69, 9.17) is 0 Å². The summed E-state index contributed by atoms with van der Waals surface area (Å²) in [6.45, 7) is 10.5. The van der Waals surface area contributed by atoms with Crippen molar-refractivity contribution in [1.29, 1.82) is 0 Å². The third-order valence-electron chi connectivity index (χ3n) is 3.36. The highest BCUT2D eigenvalue weighted by Gasteiger charge is 2.03. The van der Waals surface area contributed by atoms with Gasteiger partial charge >= 0.3 is 0 Å². The Labute approximate surface area is 115 Å². The second-order valence-electron chi connectivity index (χ2n) is 4.72. The average Bonchev–Trinajstić information content (AvgIpc) is 2.41. The van der Waals surface area contributed by atoms with Gasteiger partial charge in [-0.25, -0.2) is 0 Å². The minimum absolute atomic E-state index is 1.10. The van der Waals surface area contributed by atoms with Gasteiger partial charge in [-0.1, -0.05) is 61.2 Å². The van der Waals surface area contributed by atoms with Gasteiger partial charge in [0, 0.05) is 0 Å². The molecule has 0 aromatic heterocycles. The van der Waals surface area contributed by atoms with Crippen LogP contribution in [0.5, 0.6) is 0 Å². The fourth-order valence-corrected chi connectivity index (χ4v) is 2.45. The molecular formula is C19H20. The highest BCUT2D eigenvalue weighted by Crippen LogP contribution is 2.18. The number of hydrogen-bond donors (Lipinski definition) is 0. The predicted molar refractivity (Wildman–Crippen MR) is 87.4 cm³/mol. The van der Waals surface area contributed by atoms with Gasteiger partial charge in [0.05, 0.1) is 0 Å². The smallest absolute Gasteiger partial charge is 0.00362 e. The SMILES string of the molecule is C=c1/c(=C\C=C/C)cc(C)c2cccc(/C=C\C)c12. The van der Waals surface area contributed by atoms with Crippen LogP contribution in [-0.2, 0) is 0 Å². The van der Waals surface area contributed by atoms with E-state index in [0.717, 1.165) is 5.22 Å². The molecule has 0 radical (unpaired) electrons. The van der Waals surface area contributed by atoms with Gasteiger partial charge in [-0.2, -0.15) is 0 Å². The zero-order valence-corrected chi connectivity index (χ0v) is 11.9. The molecule has 0 saturated carbocycles. The summed E-state index contributed by atoms with van der Waals surface area (Å²) in [4.78, 5) is 0. The molecule has 19 heavy (non-hydrogen) atoms. The van der Waals surface area contributed by atoms with Crippen LogP contribution < -0.4 is 10.4 Å². The zero-order valence-electron chi connectivity index (χ0n) is 11.9. The van der Waals surface area contributed by atoms with E-state index in [1.165, 1.54) is 27.1 Å². The first-order chi connectivity index (χ1) is 9.19. The monoisotopic (exact) mass is 248 g/mol. The van der Waals surface area contributed by atoms with Gasteiger partial charge in [0.15, 0.2) is 0 Å². The Kier molecular flexibility index (Phi) is 4.01. The lowest BCUT2D eigenvalue weighted by molar-refractivity contribution is 1.46. The van der Waals surface area contributed by atoms with E-state index in [-0.39, 0.29) is 0 Å². The molecule has 0 heteroatoms. The maximum absolute atomic E-state index is 4.29. The van der Waals surface area contributed by atoms with Gasteiger partial charge in [0.1, 0.15) is 0 Å². The van der Waals surface area contributed by atoms with Crippen LogP contribution in [0.15, 0.2) is 42.5 Å². The zero-order chi connectivity index (χ0) is 13.8. The quantitative estimate of drug-likeness (QED) is 0.755. The fourth-order valence-electron chi connectivity index (χ4n) is 2.45. The predicted octanol–water partition coefficient (Wildman–Crippen LogP) is 3.95. The molecule has 0 N–H and O–H groups in total. The molecule has 0 atom stereocenters. The second kappa shape index (κ2) is 5.71. The molecule has 0 heterocycles. The highest BCUT2D eigenvalue weighted by molar-refractivity contribution is 5.93. The summed E-state index contributed by atoms with van der Waals surface area (Å²) >= 11 is 0. The molecule has 0 aliphatic heterocycles. The van der Waals surface area contributed by atoms with Gasteiger partial charge in [-0.3, -0.25) is 0 Å². The molecule has 0 nitrogen and oxygen atoms in total. The van der Waals surface area contributed by atoms with E-state index in [1.807, 2.05) is 19.9 Å². The van der Waals surface area contributed by atoms with Crippen molar-refractivity contribution in [3.05, 3.63) is 64.1 Å². The lowest BCUT2D eigenvalue weighted by Gasteiger charge is -2.07. The number of aryl methyl sites for hydroxylation is 1. The van der Waals surface area contributed by atoms with E-state index in [1.54, 1.807) is 0 Å². The molecule has 0 spiro atoms. The van der Waals surface area contributed by atoms with Crippen molar-refractivity contribution in [2.75, 3.05) is 0 Å². The molecule has 0 fully saturated rings. The number of allylic oxidation sites excluding steroid dienone is 3. The lowest BCUT2D eigenvalue weighted by atomic mass is 9.97. The molecule has 0 unspecified atom stereocenters. The second-order valence-corrected chi connectivity index (χ2v) is 4.72. The Morgan fingerprint density at radius 1 is 1.11 bits per heavy atom. The number of hydrogen-bond acceptors (Lipinski definition) is 0. The maximum atomic E-state index is 4.29. The van der Waals surface area contributed by atoms with Crippen molar-refractivity contribution >= 4 is 29.5 Å². The Balaban J connectivity index is 2.98. The summed E-state index contributed by atoms with van der Waals surface area (Å²) in [6.07, 6.45) is 10.5. The molecule has 0 aliphatic rings. The van der Waals surface area contributed by atoms with Crippen LogP contribution in [-0.4, -0.2) is 0 Å². The van der Waals surface area contributed by atoms with Crippen LogP contribution in [0.3, 0.4) is 0 Å². The minimum atomic E-state index is 1.10. The molecule has 0 bridgehead atoms. The third kappa shape index (κ3) is 2.53. The number of benzene rings is 2. The molecule has 2 aromatic rings. The van der Waals surface area contributed by atoms with E-state index >= 15 is 0 Å². The Bertz CT molecular complexity index is 759. The topological polar surface area (TPSA) is 0 Å². The summed E-state index contributed by atoms with van der Waals surface area (Å²) in [5.41, 5.74) is 2.54. The maximum Gasteiger partial charge on any atom is -0.00362 e. The first-order valence-corrected chi connectivity index (χ1v) is 6.66. The lowest BCUT2D eigenvalue weighted by Crippen LogP contribution is -2.24. The van der Waals surface area contributed by atoms with Crippen LogP contribution in [0.1, 0.15) is 25.0 Å². The fraction of sp³-hybridized carbons (Fsp3) is 0.158. The first-order valence-electron chi connectivity index (χ1n) is 6.66. The molecule has 0 aliphatic carbocycles. The van der Waals surface area contributed by atoms with E-state index in [9.17, 15) is 0 Å². The van der Waals surface area contributed by atoms with Crippen molar-refractivity contribution in [3.8, 4) is 0 Å². The van der Waals surface area contributed by atoms with Crippen LogP contribution in [0.2, 0.25) is 0 Å². The van der Waals surface area contributed by atoms with Gasteiger partial charge < -0.3 is 0 Å². The van der Waals surface area contributed by atoms with Crippen LogP contribution in [0.25, 0.3) is 29.5 Å². The van der Waals surface area contributed by atoms with Crippen molar-refractivity contribution in [1.82, 2.24) is 0 Å². The van der Waals surface area contributed by atoms with E-state index in [2.05, 4.69) is 62.1 Å². The van der Waals surface area contributed by atoms with Crippen molar-refractivity contribution in [2.45, 2.75) is 20.8 Å². The summed E-state index contributed by atoms with van der Waals surface area (Å²) in [7, 11) is 0. The average molecular weight is 248 g/mol. The summed E-state index contributed by atoms with van der Waals surface area (Å²) in [6, 6.07) is 8.64. The molecule has 0 amide bonds. The number of fused-ring (bicyclic) bond motifs is 1. The van der Waals surface area contributed by atoms with E-state index < -0.39 is 0 Å². The van der Waals surface area contributed by atoms with Crippen LogP contribution >= 0.6 is 0 Å². The Hall–Kier alpha value is -2.08. The first kappa shape index (κ1) is 13.4. The van der Waals surface area contributed by atoms with Crippen molar-refractivity contribution < 1.29 is 0 Å². The minimum Gasteiger partial charge on any atom is -0.0905 e. The van der Waals surface area contributed by atoms with Crippen molar-refractivity contribution in [3.63, 3.8) is 0 Å². The standard InChI is InChI=1S/C19H20/c1-5-7-10-17-13-14(3)18-12-8-11-16(9-6-2)19(18)15(17)4/h5-13H,4H2,1-3H3/b7-5-,9-6-,17-10-. The molecule has 96 valence electrons. The van der Waals surface area contributed by atoms with Gasteiger partial charge in [-0.05, 0) is 53.1 Å². The Morgan fingerprint density at radius 2 is 1.89 bits per heavy atom. The molecule has 2 aromatic carbocycles. The summed E-state index contributed by atoms with van der Waals surface area (Å²) in [5.74, 6) is 0. The van der Waals surface area contributed by atoms with Crippen LogP contribution in [0, 0.1) is 6.92 Å². The van der Waals surface area contributed by atoms with Gasteiger partial charge in [0.25, 0.3) is 0 Å². The number of rotatable bonds is 2. The highest BCUT2D eigenvalue weighted by atomic mass is 14.1. The Morgan fingerprint density at radius 3 is 2.58 bits per heavy atom. The van der Waals surface area contributed by atoms with Gasteiger partial charge in [0.2, 0.25) is 0 Å². The van der Waals surface area contributed by atoms with Crippen molar-refractivity contribution in [2.24, 2.45) is 0 Å². The molecular weight excluding hydrogens is 228 g/mol. The normalized spacial score (nSPS) is 13.1.